The molecule has 0 saturated carbocycles. The van der Waals surface area contributed by atoms with Gasteiger partial charge in [-0.3, -0.25) is 0 Å². The first-order valence-corrected chi connectivity index (χ1v) is 8.75. The van der Waals surface area contributed by atoms with Gasteiger partial charge in [-0.05, 0) is 44.9 Å². The molecule has 1 aliphatic heterocycles. The van der Waals surface area contributed by atoms with Crippen molar-refractivity contribution >= 4 is 0 Å². The predicted molar refractivity (Wildman–Crippen MR) is 99.7 cm³/mol. The van der Waals surface area contributed by atoms with Crippen LogP contribution in [0, 0.1) is 29.1 Å². The molecular formula is C21H32N2. The monoisotopic (exact) mass is 312 g/mol. The summed E-state index contributed by atoms with van der Waals surface area (Å²) in [4.78, 5) is 2.44. The fourth-order valence-electron chi connectivity index (χ4n) is 3.24. The van der Waals surface area contributed by atoms with Crippen LogP contribution in [-0.2, 0) is 0 Å². The number of nitriles is 1. The Balaban J connectivity index is 2.56. The zero-order chi connectivity index (χ0) is 17.2. The van der Waals surface area contributed by atoms with Crippen molar-refractivity contribution in [2.75, 3.05) is 13.1 Å². The van der Waals surface area contributed by atoms with Crippen LogP contribution >= 0.6 is 0 Å². The van der Waals surface area contributed by atoms with E-state index < -0.39 is 0 Å². The minimum absolute atomic E-state index is 0.367. The molecule has 126 valence electrons. The van der Waals surface area contributed by atoms with E-state index in [9.17, 15) is 0 Å². The van der Waals surface area contributed by atoms with Crippen molar-refractivity contribution in [3.05, 3.63) is 48.7 Å². The average Bonchev–Trinajstić information content (AvgIpc) is 2.56. The molecule has 1 saturated heterocycles. The van der Waals surface area contributed by atoms with E-state index in [4.69, 9.17) is 5.26 Å². The lowest BCUT2D eigenvalue weighted by Gasteiger charge is -2.39. The van der Waals surface area contributed by atoms with Crippen LogP contribution in [0.25, 0.3) is 0 Å². The molecule has 2 nitrogen and oxygen atoms in total. The van der Waals surface area contributed by atoms with Gasteiger partial charge in [-0.1, -0.05) is 50.0 Å². The molecule has 1 fully saturated rings. The van der Waals surface area contributed by atoms with Gasteiger partial charge >= 0.3 is 0 Å². The van der Waals surface area contributed by atoms with Crippen molar-refractivity contribution in [1.29, 1.82) is 5.26 Å². The summed E-state index contributed by atoms with van der Waals surface area (Å²) >= 11 is 0. The molecule has 0 aromatic heterocycles. The van der Waals surface area contributed by atoms with E-state index in [1.54, 1.807) is 0 Å². The lowest BCUT2D eigenvalue weighted by atomic mass is 9.81. The molecular weight excluding hydrogens is 280 g/mol. The lowest BCUT2D eigenvalue weighted by molar-refractivity contribution is 0.186. The predicted octanol–water partition coefficient (Wildman–Crippen LogP) is 5.48. The first-order chi connectivity index (χ1) is 11.0. The van der Waals surface area contributed by atoms with Crippen molar-refractivity contribution in [3.8, 4) is 6.07 Å². The van der Waals surface area contributed by atoms with E-state index >= 15 is 0 Å². The Morgan fingerprint density at radius 2 is 1.96 bits per heavy atom. The number of nitrogens with zero attached hydrogens (tertiary/aromatic N) is 2. The first-order valence-electron chi connectivity index (χ1n) is 8.75. The molecule has 1 rings (SSSR count). The van der Waals surface area contributed by atoms with Gasteiger partial charge in [-0.2, -0.15) is 5.26 Å². The standard InChI is InChI=1S/C21H32N2/c1-6-10-20(11-8-7-9-14-22)21-12-15-23(16-13-21)19(5)18(4)17(2)3/h6-8,10,18,20-21H,2,5,9,11-13,15-16H2,1,3-4H3/b8-7+,10-6-. The third kappa shape index (κ3) is 6.10. The van der Waals surface area contributed by atoms with Gasteiger partial charge in [0.1, 0.15) is 0 Å². The normalized spacial score (nSPS) is 19.0. The second-order valence-electron chi connectivity index (χ2n) is 6.64. The van der Waals surface area contributed by atoms with Crippen LogP contribution in [0.5, 0.6) is 0 Å². The van der Waals surface area contributed by atoms with Gasteiger partial charge in [0.2, 0.25) is 0 Å². The molecule has 0 aliphatic carbocycles. The second-order valence-corrected chi connectivity index (χ2v) is 6.64. The molecule has 0 N–H and O–H groups in total. The molecule has 23 heavy (non-hydrogen) atoms. The van der Waals surface area contributed by atoms with Crippen LogP contribution < -0.4 is 0 Å². The Bertz CT molecular complexity index is 484. The quantitative estimate of drug-likeness (QED) is 0.555. The van der Waals surface area contributed by atoms with Gasteiger partial charge in [0.25, 0.3) is 0 Å². The van der Waals surface area contributed by atoms with Crippen LogP contribution in [0.15, 0.2) is 48.7 Å². The number of rotatable bonds is 8. The maximum atomic E-state index is 8.61. The zero-order valence-electron chi connectivity index (χ0n) is 15.1. The summed E-state index contributed by atoms with van der Waals surface area (Å²) in [7, 11) is 0. The molecule has 0 aromatic rings. The number of piperidine rings is 1. The summed E-state index contributed by atoms with van der Waals surface area (Å²) < 4.78 is 0. The van der Waals surface area contributed by atoms with Gasteiger partial charge in [0.05, 0.1) is 12.5 Å². The summed E-state index contributed by atoms with van der Waals surface area (Å²) in [5.41, 5.74) is 2.40. The minimum atomic E-state index is 0.367. The fourth-order valence-corrected chi connectivity index (χ4v) is 3.24. The highest BCUT2D eigenvalue weighted by molar-refractivity contribution is 5.13. The Labute approximate surface area is 142 Å². The Morgan fingerprint density at radius 3 is 2.48 bits per heavy atom. The van der Waals surface area contributed by atoms with Crippen LogP contribution in [-0.4, -0.2) is 18.0 Å². The molecule has 0 aromatic carbocycles. The Hall–Kier alpha value is -1.75. The Morgan fingerprint density at radius 1 is 1.30 bits per heavy atom. The van der Waals surface area contributed by atoms with E-state index in [1.165, 1.54) is 24.1 Å². The van der Waals surface area contributed by atoms with E-state index in [2.05, 4.69) is 63.1 Å². The number of hydrogen-bond acceptors (Lipinski definition) is 2. The topological polar surface area (TPSA) is 27.0 Å². The largest absolute Gasteiger partial charge is 0.375 e. The first kappa shape index (κ1) is 19.3. The van der Waals surface area contributed by atoms with Crippen molar-refractivity contribution in [3.63, 3.8) is 0 Å². The molecule has 2 atom stereocenters. The highest BCUT2D eigenvalue weighted by Gasteiger charge is 2.26. The summed E-state index contributed by atoms with van der Waals surface area (Å²) in [6.45, 7) is 16.9. The van der Waals surface area contributed by atoms with E-state index in [0.717, 1.165) is 25.4 Å². The lowest BCUT2D eigenvalue weighted by Crippen LogP contribution is -2.36. The van der Waals surface area contributed by atoms with Crippen molar-refractivity contribution < 1.29 is 0 Å². The third-order valence-electron chi connectivity index (χ3n) is 5.01. The van der Waals surface area contributed by atoms with Crippen LogP contribution in [0.3, 0.4) is 0 Å². The van der Waals surface area contributed by atoms with Gasteiger partial charge in [0, 0.05) is 24.7 Å². The highest BCUT2D eigenvalue weighted by Crippen LogP contribution is 2.32. The minimum Gasteiger partial charge on any atom is -0.375 e. The summed E-state index contributed by atoms with van der Waals surface area (Å²) in [5.74, 6) is 1.68. The van der Waals surface area contributed by atoms with Crippen LogP contribution in [0.4, 0.5) is 0 Å². The van der Waals surface area contributed by atoms with Gasteiger partial charge < -0.3 is 4.90 Å². The molecule has 2 unspecified atom stereocenters. The number of hydrogen-bond donors (Lipinski definition) is 0. The highest BCUT2D eigenvalue weighted by atomic mass is 15.1. The van der Waals surface area contributed by atoms with E-state index in [1.807, 2.05) is 6.08 Å². The van der Waals surface area contributed by atoms with Gasteiger partial charge in [0.15, 0.2) is 0 Å². The Kier molecular flexibility index (Phi) is 8.48. The molecule has 0 bridgehead atoms. The van der Waals surface area contributed by atoms with E-state index in [0.29, 0.717) is 18.3 Å². The molecule has 0 amide bonds. The maximum absolute atomic E-state index is 8.61. The summed E-state index contributed by atoms with van der Waals surface area (Å²) in [5, 5.41) is 8.61. The third-order valence-corrected chi connectivity index (χ3v) is 5.01. The van der Waals surface area contributed by atoms with Crippen LogP contribution in [0.1, 0.15) is 46.5 Å². The molecule has 1 heterocycles. The number of allylic oxidation sites excluding steroid dienone is 5. The number of likely N-dealkylation sites (tertiary alicyclic amines) is 1. The van der Waals surface area contributed by atoms with Gasteiger partial charge in [-0.25, -0.2) is 0 Å². The van der Waals surface area contributed by atoms with Gasteiger partial charge in [-0.15, -0.1) is 0 Å². The van der Waals surface area contributed by atoms with Crippen molar-refractivity contribution in [1.82, 2.24) is 4.90 Å². The SMILES string of the molecule is C=C(C)C(C)C(=C)N1CCC(C(/C=C\C)C/C=C/CC#N)CC1. The molecule has 2 heteroatoms. The molecule has 0 radical (unpaired) electrons. The maximum Gasteiger partial charge on any atom is 0.0663 e. The molecule has 1 aliphatic rings. The summed E-state index contributed by atoms with van der Waals surface area (Å²) in [6, 6.07) is 2.16. The second kappa shape index (κ2) is 10.1. The fraction of sp³-hybridized carbons (Fsp3) is 0.571. The average molecular weight is 313 g/mol. The van der Waals surface area contributed by atoms with Crippen molar-refractivity contribution in [2.45, 2.75) is 46.5 Å². The molecule has 0 spiro atoms. The smallest absolute Gasteiger partial charge is 0.0663 e. The summed E-state index contributed by atoms with van der Waals surface area (Å²) in [6.07, 6.45) is 12.6. The van der Waals surface area contributed by atoms with Crippen LogP contribution in [0.2, 0.25) is 0 Å². The van der Waals surface area contributed by atoms with E-state index in [-0.39, 0.29) is 0 Å². The van der Waals surface area contributed by atoms with Crippen molar-refractivity contribution in [2.24, 2.45) is 17.8 Å². The zero-order valence-corrected chi connectivity index (χ0v) is 15.1.